The van der Waals surface area contributed by atoms with Gasteiger partial charge in [-0.05, 0) is 39.5 Å². The molecule has 0 aliphatic carbocycles. The minimum Gasteiger partial charge on any atom is -0.243 e. The van der Waals surface area contributed by atoms with Crippen LogP contribution in [0.3, 0.4) is 0 Å². The van der Waals surface area contributed by atoms with Crippen LogP contribution in [0.15, 0.2) is 21.9 Å². The van der Waals surface area contributed by atoms with Crippen molar-refractivity contribution in [3.63, 3.8) is 0 Å². The Bertz CT molecular complexity index is 348. The second-order valence-electron chi connectivity index (χ2n) is 2.31. The third-order valence-corrected chi connectivity index (χ3v) is 2.20. The molecule has 1 heterocycles. The number of hydrogen-bond donors (Lipinski definition) is 0. The van der Waals surface area contributed by atoms with Gasteiger partial charge in [-0.25, -0.2) is 4.98 Å². The SMILES string of the molecule is [N-]=[N+]=NCCc1cc(Br)cnc1Cl. The summed E-state index contributed by atoms with van der Waals surface area (Å²) in [5.41, 5.74) is 8.95. The third-order valence-electron chi connectivity index (χ3n) is 1.42. The summed E-state index contributed by atoms with van der Waals surface area (Å²) in [5.74, 6) is 0. The Kier molecular flexibility index (Phi) is 4.02. The van der Waals surface area contributed by atoms with Crippen LogP contribution in [0, 0.1) is 0 Å². The van der Waals surface area contributed by atoms with Crippen LogP contribution in [0.2, 0.25) is 5.15 Å². The van der Waals surface area contributed by atoms with E-state index in [1.165, 1.54) is 0 Å². The highest BCUT2D eigenvalue weighted by atomic mass is 79.9. The van der Waals surface area contributed by atoms with Crippen molar-refractivity contribution in [1.29, 1.82) is 0 Å². The van der Waals surface area contributed by atoms with Crippen molar-refractivity contribution < 1.29 is 0 Å². The fourth-order valence-electron chi connectivity index (χ4n) is 0.855. The highest BCUT2D eigenvalue weighted by Gasteiger charge is 2.01. The molecule has 1 aromatic heterocycles. The average molecular weight is 262 g/mol. The van der Waals surface area contributed by atoms with E-state index in [2.05, 4.69) is 30.9 Å². The highest BCUT2D eigenvalue weighted by Crippen LogP contribution is 2.18. The Balaban J connectivity index is 2.75. The van der Waals surface area contributed by atoms with Gasteiger partial charge in [-0.3, -0.25) is 0 Å². The normalized spacial score (nSPS) is 9.38. The topological polar surface area (TPSA) is 61.7 Å². The Labute approximate surface area is 88.7 Å². The predicted octanol–water partition coefficient (Wildman–Crippen LogP) is 3.35. The molecule has 0 unspecified atom stereocenters. The van der Waals surface area contributed by atoms with Crippen molar-refractivity contribution in [2.24, 2.45) is 5.11 Å². The Morgan fingerprint density at radius 1 is 1.69 bits per heavy atom. The van der Waals surface area contributed by atoms with E-state index in [-0.39, 0.29) is 0 Å². The molecular formula is C7H6BrClN4. The molecule has 1 rings (SSSR count). The van der Waals surface area contributed by atoms with Gasteiger partial charge in [0.25, 0.3) is 0 Å². The van der Waals surface area contributed by atoms with Gasteiger partial charge in [0.05, 0.1) is 0 Å². The van der Waals surface area contributed by atoms with Crippen LogP contribution >= 0.6 is 27.5 Å². The first kappa shape index (κ1) is 10.3. The van der Waals surface area contributed by atoms with Crippen LogP contribution in [0.1, 0.15) is 5.56 Å². The first-order valence-corrected chi connectivity index (χ1v) is 4.72. The molecule has 0 spiro atoms. The maximum Gasteiger partial charge on any atom is 0.132 e. The second kappa shape index (κ2) is 5.07. The summed E-state index contributed by atoms with van der Waals surface area (Å²) in [6.45, 7) is 0.397. The molecule has 0 N–H and O–H groups in total. The number of nitrogens with zero attached hydrogens (tertiary/aromatic N) is 4. The molecule has 0 aromatic carbocycles. The smallest absolute Gasteiger partial charge is 0.132 e. The van der Waals surface area contributed by atoms with Gasteiger partial charge in [0, 0.05) is 22.1 Å². The van der Waals surface area contributed by atoms with Crippen LogP contribution in [0.25, 0.3) is 10.4 Å². The van der Waals surface area contributed by atoms with E-state index in [0.717, 1.165) is 10.0 Å². The summed E-state index contributed by atoms with van der Waals surface area (Å²) in [6.07, 6.45) is 2.23. The molecule has 1 aromatic rings. The van der Waals surface area contributed by atoms with Gasteiger partial charge in [0.15, 0.2) is 0 Å². The van der Waals surface area contributed by atoms with Gasteiger partial charge in [-0.2, -0.15) is 0 Å². The predicted molar refractivity (Wildman–Crippen MR) is 54.7 cm³/mol. The Hall–Kier alpha value is -0.770. The van der Waals surface area contributed by atoms with Gasteiger partial charge in [0.2, 0.25) is 0 Å². The molecule has 0 aliphatic rings. The first-order chi connectivity index (χ1) is 6.24. The zero-order chi connectivity index (χ0) is 9.68. The van der Waals surface area contributed by atoms with E-state index in [9.17, 15) is 0 Å². The molecule has 0 saturated heterocycles. The molecule has 6 heteroatoms. The largest absolute Gasteiger partial charge is 0.243 e. The maximum absolute atomic E-state index is 8.07. The Morgan fingerprint density at radius 2 is 2.46 bits per heavy atom. The molecule has 0 atom stereocenters. The monoisotopic (exact) mass is 260 g/mol. The summed E-state index contributed by atoms with van der Waals surface area (Å²) in [7, 11) is 0. The van der Waals surface area contributed by atoms with Crippen LogP contribution in [0.5, 0.6) is 0 Å². The molecule has 0 radical (unpaired) electrons. The van der Waals surface area contributed by atoms with Crippen LogP contribution in [-0.4, -0.2) is 11.5 Å². The summed E-state index contributed by atoms with van der Waals surface area (Å²) >= 11 is 9.09. The summed E-state index contributed by atoms with van der Waals surface area (Å²) in [5, 5.41) is 3.87. The molecule has 0 aliphatic heterocycles. The maximum atomic E-state index is 8.07. The van der Waals surface area contributed by atoms with Crippen molar-refractivity contribution >= 4 is 27.5 Å². The minimum atomic E-state index is 0.397. The standard InChI is InChI=1S/C7H6BrClN4/c8-6-3-5(1-2-12-13-10)7(9)11-4-6/h3-4H,1-2H2. The number of halogens is 2. The van der Waals surface area contributed by atoms with Gasteiger partial charge in [-0.15, -0.1) is 0 Å². The molecule has 0 bridgehead atoms. The average Bonchev–Trinajstić information content (AvgIpc) is 2.11. The van der Waals surface area contributed by atoms with E-state index in [1.807, 2.05) is 6.07 Å². The van der Waals surface area contributed by atoms with Crippen molar-refractivity contribution in [3.8, 4) is 0 Å². The molecule has 0 amide bonds. The molecule has 0 saturated carbocycles. The first-order valence-electron chi connectivity index (χ1n) is 3.55. The second-order valence-corrected chi connectivity index (χ2v) is 3.58. The lowest BCUT2D eigenvalue weighted by Gasteiger charge is -2.00. The number of aromatic nitrogens is 1. The lowest BCUT2D eigenvalue weighted by Crippen LogP contribution is -1.91. The quantitative estimate of drug-likeness (QED) is 0.356. The molecule has 13 heavy (non-hydrogen) atoms. The lowest BCUT2D eigenvalue weighted by molar-refractivity contribution is 0.946. The summed E-state index contributed by atoms with van der Waals surface area (Å²) < 4.78 is 0.868. The fraction of sp³-hybridized carbons (Fsp3) is 0.286. The van der Waals surface area contributed by atoms with Crippen molar-refractivity contribution in [2.45, 2.75) is 6.42 Å². The van der Waals surface area contributed by atoms with Crippen LogP contribution in [-0.2, 0) is 6.42 Å². The third kappa shape index (κ3) is 3.22. The molecular weight excluding hydrogens is 255 g/mol. The summed E-state index contributed by atoms with van der Waals surface area (Å²) in [4.78, 5) is 6.59. The Morgan fingerprint density at radius 3 is 3.15 bits per heavy atom. The van der Waals surface area contributed by atoms with Gasteiger partial charge in [0.1, 0.15) is 5.15 Å². The van der Waals surface area contributed by atoms with Gasteiger partial charge in [-0.1, -0.05) is 16.7 Å². The number of hydrogen-bond acceptors (Lipinski definition) is 2. The summed E-state index contributed by atoms with van der Waals surface area (Å²) in [6, 6.07) is 1.86. The van der Waals surface area contributed by atoms with E-state index in [0.29, 0.717) is 18.1 Å². The van der Waals surface area contributed by atoms with E-state index in [4.69, 9.17) is 17.1 Å². The number of pyridine rings is 1. The highest BCUT2D eigenvalue weighted by molar-refractivity contribution is 9.10. The number of azide groups is 1. The van der Waals surface area contributed by atoms with E-state index >= 15 is 0 Å². The lowest BCUT2D eigenvalue weighted by atomic mass is 10.2. The molecule has 4 nitrogen and oxygen atoms in total. The van der Waals surface area contributed by atoms with Crippen molar-refractivity contribution in [2.75, 3.05) is 6.54 Å². The van der Waals surface area contributed by atoms with E-state index in [1.54, 1.807) is 6.20 Å². The molecule has 68 valence electrons. The van der Waals surface area contributed by atoms with Gasteiger partial charge >= 0.3 is 0 Å². The zero-order valence-electron chi connectivity index (χ0n) is 6.61. The van der Waals surface area contributed by atoms with Crippen molar-refractivity contribution in [3.05, 3.63) is 37.9 Å². The van der Waals surface area contributed by atoms with Crippen molar-refractivity contribution in [1.82, 2.24) is 4.98 Å². The zero-order valence-corrected chi connectivity index (χ0v) is 8.96. The fourth-order valence-corrected chi connectivity index (χ4v) is 1.43. The molecule has 0 fully saturated rings. The van der Waals surface area contributed by atoms with Gasteiger partial charge < -0.3 is 0 Å². The van der Waals surface area contributed by atoms with E-state index < -0.39 is 0 Å². The van der Waals surface area contributed by atoms with Crippen LogP contribution in [0.4, 0.5) is 0 Å². The number of rotatable bonds is 3. The van der Waals surface area contributed by atoms with Crippen LogP contribution < -0.4 is 0 Å². The minimum absolute atomic E-state index is 0.397.